The van der Waals surface area contributed by atoms with Crippen LogP contribution >= 0.6 is 11.3 Å². The van der Waals surface area contributed by atoms with Crippen LogP contribution in [0.4, 0.5) is 5.69 Å². The van der Waals surface area contributed by atoms with Gasteiger partial charge in [0.05, 0.1) is 16.2 Å². The van der Waals surface area contributed by atoms with E-state index in [1.54, 1.807) is 18.2 Å². The summed E-state index contributed by atoms with van der Waals surface area (Å²) in [7, 11) is 0. The zero-order valence-electron chi connectivity index (χ0n) is 12.4. The van der Waals surface area contributed by atoms with E-state index in [-0.39, 0.29) is 5.69 Å². The van der Waals surface area contributed by atoms with E-state index < -0.39 is 4.92 Å². The van der Waals surface area contributed by atoms with Crippen molar-refractivity contribution in [2.45, 2.75) is 0 Å². The molecule has 0 unspecified atom stereocenters. The highest BCUT2D eigenvalue weighted by molar-refractivity contribution is 7.11. The first-order chi connectivity index (χ1) is 11.7. The number of benzene rings is 2. The smallest absolute Gasteiger partial charge is 0.258 e. The predicted octanol–water partition coefficient (Wildman–Crippen LogP) is 4.78. The highest BCUT2D eigenvalue weighted by Gasteiger charge is 2.11. The molecular weight excluding hydrogens is 322 g/mol. The molecule has 0 saturated heterocycles. The summed E-state index contributed by atoms with van der Waals surface area (Å²) in [6.45, 7) is 0. The zero-order valence-corrected chi connectivity index (χ0v) is 13.2. The van der Waals surface area contributed by atoms with Gasteiger partial charge in [0, 0.05) is 23.1 Å². The van der Waals surface area contributed by atoms with Crippen LogP contribution in [0.1, 0.15) is 10.6 Å². The molecule has 0 spiro atoms. The van der Waals surface area contributed by atoms with Crippen molar-refractivity contribution in [3.63, 3.8) is 0 Å². The molecule has 3 aromatic rings. The quantitative estimate of drug-likeness (QED) is 0.391. The minimum atomic E-state index is -0.438. The van der Waals surface area contributed by atoms with Gasteiger partial charge in [-0.1, -0.05) is 30.3 Å². The monoisotopic (exact) mass is 333 g/mol. The van der Waals surface area contributed by atoms with Crippen molar-refractivity contribution in [2.75, 3.05) is 0 Å². The Labute approximate surface area is 142 Å². The summed E-state index contributed by atoms with van der Waals surface area (Å²) in [6.07, 6.45) is 1.79. The van der Waals surface area contributed by atoms with Crippen molar-refractivity contribution in [3.8, 4) is 17.3 Å². The topological polar surface area (TPSA) is 79.8 Å². The summed E-state index contributed by atoms with van der Waals surface area (Å²) < 4.78 is 0. The molecule has 1 aromatic heterocycles. The maximum absolute atomic E-state index is 10.7. The highest BCUT2D eigenvalue weighted by Crippen LogP contribution is 2.28. The molecule has 5 nitrogen and oxygen atoms in total. The number of thiazole rings is 1. The standard InChI is InChI=1S/C18H11N3O2S/c19-11-15(10-13-4-2-1-3-5-13)18-20-17(12-24-18)14-6-8-16(9-7-14)21(22)23/h1-10,12H. The average molecular weight is 333 g/mol. The normalized spacial score (nSPS) is 11.0. The number of hydrogen-bond acceptors (Lipinski definition) is 5. The third-order valence-corrected chi connectivity index (χ3v) is 4.22. The van der Waals surface area contributed by atoms with Crippen molar-refractivity contribution in [1.29, 1.82) is 5.26 Å². The van der Waals surface area contributed by atoms with Crippen molar-refractivity contribution in [3.05, 3.63) is 80.7 Å². The second-order valence-corrected chi connectivity index (χ2v) is 5.78. The molecule has 0 aliphatic rings. The maximum atomic E-state index is 10.7. The molecule has 24 heavy (non-hydrogen) atoms. The van der Waals surface area contributed by atoms with Gasteiger partial charge in [0.15, 0.2) is 0 Å². The van der Waals surface area contributed by atoms with Crippen LogP contribution < -0.4 is 0 Å². The van der Waals surface area contributed by atoms with Gasteiger partial charge in [-0.15, -0.1) is 11.3 Å². The predicted molar refractivity (Wildman–Crippen MR) is 94.1 cm³/mol. The number of aromatic nitrogens is 1. The summed E-state index contributed by atoms with van der Waals surface area (Å²) in [5, 5.41) is 22.6. The van der Waals surface area contributed by atoms with Gasteiger partial charge in [0.25, 0.3) is 5.69 Å². The fraction of sp³-hybridized carbons (Fsp3) is 0. The molecule has 0 N–H and O–H groups in total. The molecule has 116 valence electrons. The van der Waals surface area contributed by atoms with E-state index in [1.807, 2.05) is 35.7 Å². The van der Waals surface area contributed by atoms with E-state index in [0.29, 0.717) is 16.3 Å². The summed E-state index contributed by atoms with van der Waals surface area (Å²) in [4.78, 5) is 14.7. The molecule has 3 rings (SSSR count). The van der Waals surface area contributed by atoms with Gasteiger partial charge in [-0.2, -0.15) is 5.26 Å². The van der Waals surface area contributed by atoms with E-state index in [0.717, 1.165) is 11.1 Å². The van der Waals surface area contributed by atoms with Crippen molar-refractivity contribution in [2.24, 2.45) is 0 Å². The van der Waals surface area contributed by atoms with Crippen LogP contribution in [0, 0.1) is 21.4 Å². The van der Waals surface area contributed by atoms with Gasteiger partial charge in [-0.05, 0) is 23.8 Å². The fourth-order valence-electron chi connectivity index (χ4n) is 2.14. The van der Waals surface area contributed by atoms with Gasteiger partial charge >= 0.3 is 0 Å². The van der Waals surface area contributed by atoms with Crippen LogP contribution in [0.2, 0.25) is 0 Å². The number of non-ortho nitro benzene ring substituents is 1. The molecule has 1 heterocycles. The van der Waals surface area contributed by atoms with E-state index in [9.17, 15) is 15.4 Å². The van der Waals surface area contributed by atoms with Crippen molar-refractivity contribution >= 4 is 28.7 Å². The summed E-state index contributed by atoms with van der Waals surface area (Å²) in [5.74, 6) is 0. The van der Waals surface area contributed by atoms with Crippen molar-refractivity contribution in [1.82, 2.24) is 4.98 Å². The Balaban J connectivity index is 1.91. The largest absolute Gasteiger partial charge is 0.269 e. The van der Waals surface area contributed by atoms with Crippen LogP contribution in [0.25, 0.3) is 22.9 Å². The first-order valence-electron chi connectivity index (χ1n) is 7.05. The fourth-order valence-corrected chi connectivity index (χ4v) is 2.94. The number of allylic oxidation sites excluding steroid dienone is 1. The minimum Gasteiger partial charge on any atom is -0.258 e. The summed E-state index contributed by atoms with van der Waals surface area (Å²) in [5.41, 5.74) is 2.93. The lowest BCUT2D eigenvalue weighted by atomic mass is 10.1. The Hall–Kier alpha value is -3.30. The Morgan fingerprint density at radius 1 is 1.17 bits per heavy atom. The van der Waals surface area contributed by atoms with Crippen molar-refractivity contribution < 1.29 is 4.92 Å². The van der Waals surface area contributed by atoms with E-state index in [2.05, 4.69) is 11.1 Å². The third kappa shape index (κ3) is 3.37. The molecule has 0 aliphatic carbocycles. The molecule has 0 fully saturated rings. The highest BCUT2D eigenvalue weighted by atomic mass is 32.1. The molecule has 2 aromatic carbocycles. The van der Waals surface area contributed by atoms with Crippen LogP contribution in [-0.2, 0) is 0 Å². The van der Waals surface area contributed by atoms with Gasteiger partial charge < -0.3 is 0 Å². The molecule has 0 bridgehead atoms. The Bertz CT molecular complexity index is 938. The lowest BCUT2D eigenvalue weighted by molar-refractivity contribution is -0.384. The van der Waals surface area contributed by atoms with Crippen LogP contribution in [0.15, 0.2) is 60.0 Å². The van der Waals surface area contributed by atoms with Gasteiger partial charge in [0.1, 0.15) is 11.1 Å². The van der Waals surface area contributed by atoms with Gasteiger partial charge in [-0.25, -0.2) is 4.98 Å². The Kier molecular flexibility index (Phi) is 4.45. The second kappa shape index (κ2) is 6.86. The van der Waals surface area contributed by atoms with E-state index in [4.69, 9.17) is 0 Å². The molecule has 0 saturated carbocycles. The summed E-state index contributed by atoms with van der Waals surface area (Å²) in [6, 6.07) is 17.9. The molecule has 0 atom stereocenters. The SMILES string of the molecule is N#CC(=Cc1ccccc1)c1nc(-c2ccc([N+](=O)[O-])cc2)cs1. The minimum absolute atomic E-state index is 0.0379. The second-order valence-electron chi connectivity index (χ2n) is 4.92. The number of nitro benzene ring substituents is 1. The van der Waals surface area contributed by atoms with Crippen LogP contribution in [0.5, 0.6) is 0 Å². The number of rotatable bonds is 4. The van der Waals surface area contributed by atoms with Crippen LogP contribution in [0.3, 0.4) is 0 Å². The molecule has 6 heteroatoms. The lowest BCUT2D eigenvalue weighted by Gasteiger charge is -1.97. The van der Waals surface area contributed by atoms with E-state index >= 15 is 0 Å². The Morgan fingerprint density at radius 3 is 2.50 bits per heavy atom. The number of nitro groups is 1. The van der Waals surface area contributed by atoms with Gasteiger partial charge in [0.2, 0.25) is 0 Å². The molecule has 0 amide bonds. The third-order valence-electron chi connectivity index (χ3n) is 3.34. The number of nitriles is 1. The molecule has 0 radical (unpaired) electrons. The number of hydrogen-bond donors (Lipinski definition) is 0. The van der Waals surface area contributed by atoms with Crippen LogP contribution in [-0.4, -0.2) is 9.91 Å². The maximum Gasteiger partial charge on any atom is 0.269 e. The molecular formula is C18H11N3O2S. The Morgan fingerprint density at radius 2 is 1.88 bits per heavy atom. The average Bonchev–Trinajstić information content (AvgIpc) is 3.10. The zero-order chi connectivity index (χ0) is 16.9. The van der Waals surface area contributed by atoms with E-state index in [1.165, 1.54) is 23.5 Å². The first-order valence-corrected chi connectivity index (χ1v) is 7.93. The summed E-state index contributed by atoms with van der Waals surface area (Å²) >= 11 is 1.37. The molecule has 0 aliphatic heterocycles. The number of nitrogens with zero attached hydrogens (tertiary/aromatic N) is 3. The first kappa shape index (κ1) is 15.6. The van der Waals surface area contributed by atoms with Gasteiger partial charge in [-0.3, -0.25) is 10.1 Å². The lowest BCUT2D eigenvalue weighted by Crippen LogP contribution is -1.87.